The van der Waals surface area contributed by atoms with Crippen molar-refractivity contribution in [3.63, 3.8) is 0 Å². The molecule has 0 fully saturated rings. The summed E-state index contributed by atoms with van der Waals surface area (Å²) in [6, 6.07) is 6.14. The Labute approximate surface area is 92.5 Å². The van der Waals surface area contributed by atoms with Gasteiger partial charge in [-0.2, -0.15) is 0 Å². The monoisotopic (exact) mass is 204 g/mol. The number of benzene rings is 1. The summed E-state index contributed by atoms with van der Waals surface area (Å²) in [5.74, 6) is 0.349. The van der Waals surface area contributed by atoms with Gasteiger partial charge < -0.3 is 0 Å². The molecule has 1 heteroatoms. The molecule has 0 saturated carbocycles. The van der Waals surface area contributed by atoms with Crippen molar-refractivity contribution in [2.45, 2.75) is 40.5 Å². The van der Waals surface area contributed by atoms with E-state index in [-0.39, 0.29) is 11.7 Å². The van der Waals surface area contributed by atoms with Gasteiger partial charge in [-0.25, -0.2) is 0 Å². The van der Waals surface area contributed by atoms with Crippen molar-refractivity contribution < 1.29 is 4.79 Å². The van der Waals surface area contributed by atoms with Gasteiger partial charge >= 0.3 is 0 Å². The molecule has 0 aliphatic heterocycles. The van der Waals surface area contributed by atoms with Gasteiger partial charge in [0.25, 0.3) is 0 Å². The zero-order valence-electron chi connectivity index (χ0n) is 10.1. The molecule has 1 aromatic carbocycles. The van der Waals surface area contributed by atoms with E-state index in [4.69, 9.17) is 0 Å². The first kappa shape index (κ1) is 12.0. The van der Waals surface area contributed by atoms with Crippen LogP contribution in [0, 0.1) is 12.8 Å². The van der Waals surface area contributed by atoms with Crippen molar-refractivity contribution in [3.8, 4) is 0 Å². The first-order chi connectivity index (χ1) is 7.06. The van der Waals surface area contributed by atoms with Crippen LogP contribution in [0.1, 0.15) is 48.7 Å². The van der Waals surface area contributed by atoms with Gasteiger partial charge in [0.1, 0.15) is 0 Å². The third-order valence-corrected chi connectivity index (χ3v) is 2.57. The standard InChI is InChI=1S/C14H20O/c1-5-6-12-9-11(4)7-8-13(12)14(15)10(2)3/h7-10H,5-6H2,1-4H3. The molecular formula is C14H20O. The Hall–Kier alpha value is -1.11. The fraction of sp³-hybridized carbons (Fsp3) is 0.500. The molecule has 0 atom stereocenters. The van der Waals surface area contributed by atoms with E-state index >= 15 is 0 Å². The van der Waals surface area contributed by atoms with Gasteiger partial charge in [0, 0.05) is 11.5 Å². The third-order valence-electron chi connectivity index (χ3n) is 2.57. The summed E-state index contributed by atoms with van der Waals surface area (Å²) in [5, 5.41) is 0. The minimum atomic E-state index is 0.0864. The van der Waals surface area contributed by atoms with Crippen LogP contribution in [0.25, 0.3) is 0 Å². The van der Waals surface area contributed by atoms with Crippen LogP contribution in [-0.4, -0.2) is 5.78 Å². The SMILES string of the molecule is CCCc1cc(C)ccc1C(=O)C(C)C. The van der Waals surface area contributed by atoms with Crippen molar-refractivity contribution >= 4 is 5.78 Å². The molecule has 1 nitrogen and oxygen atoms in total. The lowest BCUT2D eigenvalue weighted by molar-refractivity contribution is 0.0938. The molecule has 0 radical (unpaired) electrons. The van der Waals surface area contributed by atoms with Crippen LogP contribution in [0.4, 0.5) is 0 Å². The number of hydrogen-bond acceptors (Lipinski definition) is 1. The molecule has 82 valence electrons. The van der Waals surface area contributed by atoms with E-state index in [1.54, 1.807) is 0 Å². The zero-order chi connectivity index (χ0) is 11.4. The van der Waals surface area contributed by atoms with E-state index in [1.807, 2.05) is 26.0 Å². The lowest BCUT2D eigenvalue weighted by atomic mass is 9.93. The van der Waals surface area contributed by atoms with Crippen molar-refractivity contribution in [1.29, 1.82) is 0 Å². The Morgan fingerprint density at radius 2 is 2.00 bits per heavy atom. The van der Waals surface area contributed by atoms with Crippen molar-refractivity contribution in [3.05, 3.63) is 34.9 Å². The number of hydrogen-bond donors (Lipinski definition) is 0. The second kappa shape index (κ2) is 5.11. The van der Waals surface area contributed by atoms with Gasteiger partial charge in [-0.05, 0) is 18.9 Å². The Bertz CT molecular complexity index is 350. The summed E-state index contributed by atoms with van der Waals surface area (Å²) in [7, 11) is 0. The molecule has 0 aliphatic carbocycles. The average Bonchev–Trinajstić information content (AvgIpc) is 2.17. The van der Waals surface area contributed by atoms with Crippen molar-refractivity contribution in [1.82, 2.24) is 0 Å². The number of ketones is 1. The Morgan fingerprint density at radius 1 is 1.33 bits per heavy atom. The minimum Gasteiger partial charge on any atom is -0.294 e. The normalized spacial score (nSPS) is 10.7. The van der Waals surface area contributed by atoms with E-state index in [1.165, 1.54) is 11.1 Å². The van der Waals surface area contributed by atoms with Crippen LogP contribution in [-0.2, 0) is 6.42 Å². The van der Waals surface area contributed by atoms with Gasteiger partial charge in [-0.1, -0.05) is 51.0 Å². The van der Waals surface area contributed by atoms with E-state index in [9.17, 15) is 4.79 Å². The van der Waals surface area contributed by atoms with Crippen LogP contribution in [0.2, 0.25) is 0 Å². The zero-order valence-corrected chi connectivity index (χ0v) is 10.1. The quantitative estimate of drug-likeness (QED) is 0.682. The van der Waals surface area contributed by atoms with Gasteiger partial charge in [0.2, 0.25) is 0 Å². The first-order valence-corrected chi connectivity index (χ1v) is 5.70. The highest BCUT2D eigenvalue weighted by molar-refractivity contribution is 5.98. The molecule has 0 aromatic heterocycles. The maximum atomic E-state index is 12.0. The molecule has 0 heterocycles. The molecule has 0 saturated heterocycles. The number of aryl methyl sites for hydroxylation is 2. The average molecular weight is 204 g/mol. The number of Topliss-reactive ketones (excluding diaryl/α,β-unsaturated/α-hetero) is 1. The van der Waals surface area contributed by atoms with Crippen LogP contribution in [0.15, 0.2) is 18.2 Å². The topological polar surface area (TPSA) is 17.1 Å². The summed E-state index contributed by atoms with van der Waals surface area (Å²) in [4.78, 5) is 12.0. The Balaban J connectivity index is 3.10. The molecule has 0 N–H and O–H groups in total. The van der Waals surface area contributed by atoms with Gasteiger partial charge in [-0.3, -0.25) is 4.79 Å². The summed E-state index contributed by atoms with van der Waals surface area (Å²) in [6.45, 7) is 8.13. The largest absolute Gasteiger partial charge is 0.294 e. The molecule has 0 bridgehead atoms. The molecular weight excluding hydrogens is 184 g/mol. The molecule has 0 amide bonds. The smallest absolute Gasteiger partial charge is 0.165 e. The van der Waals surface area contributed by atoms with Crippen molar-refractivity contribution in [2.24, 2.45) is 5.92 Å². The molecule has 15 heavy (non-hydrogen) atoms. The van der Waals surface area contributed by atoms with Crippen LogP contribution < -0.4 is 0 Å². The number of carbonyl (C=O) groups is 1. The van der Waals surface area contributed by atoms with E-state index < -0.39 is 0 Å². The minimum absolute atomic E-state index is 0.0864. The number of rotatable bonds is 4. The fourth-order valence-electron chi connectivity index (χ4n) is 1.75. The van der Waals surface area contributed by atoms with Gasteiger partial charge in [0.05, 0.1) is 0 Å². The van der Waals surface area contributed by atoms with Gasteiger partial charge in [0.15, 0.2) is 5.78 Å². The maximum absolute atomic E-state index is 12.0. The molecule has 0 spiro atoms. The lowest BCUT2D eigenvalue weighted by Crippen LogP contribution is -2.10. The van der Waals surface area contributed by atoms with Crippen LogP contribution in [0.3, 0.4) is 0 Å². The van der Waals surface area contributed by atoms with E-state index in [2.05, 4.69) is 19.9 Å². The van der Waals surface area contributed by atoms with Crippen molar-refractivity contribution in [2.75, 3.05) is 0 Å². The maximum Gasteiger partial charge on any atom is 0.165 e. The van der Waals surface area contributed by atoms with E-state index in [0.717, 1.165) is 18.4 Å². The molecule has 1 aromatic rings. The predicted octanol–water partition coefficient (Wildman–Crippen LogP) is 3.79. The lowest BCUT2D eigenvalue weighted by Gasteiger charge is -2.11. The Morgan fingerprint density at radius 3 is 2.53 bits per heavy atom. The highest BCUT2D eigenvalue weighted by atomic mass is 16.1. The molecule has 0 unspecified atom stereocenters. The highest BCUT2D eigenvalue weighted by Crippen LogP contribution is 2.17. The summed E-state index contributed by atoms with van der Waals surface area (Å²) < 4.78 is 0. The highest BCUT2D eigenvalue weighted by Gasteiger charge is 2.14. The number of carbonyl (C=O) groups excluding carboxylic acids is 1. The molecule has 0 aliphatic rings. The van der Waals surface area contributed by atoms with Crippen LogP contribution in [0.5, 0.6) is 0 Å². The fourth-order valence-corrected chi connectivity index (χ4v) is 1.75. The summed E-state index contributed by atoms with van der Waals surface area (Å²) >= 11 is 0. The Kier molecular flexibility index (Phi) is 4.07. The second-order valence-corrected chi connectivity index (χ2v) is 4.43. The third kappa shape index (κ3) is 2.92. The van der Waals surface area contributed by atoms with E-state index in [0.29, 0.717) is 0 Å². The predicted molar refractivity (Wildman–Crippen MR) is 64.3 cm³/mol. The summed E-state index contributed by atoms with van der Waals surface area (Å²) in [6.07, 6.45) is 2.08. The second-order valence-electron chi connectivity index (χ2n) is 4.43. The molecule has 1 rings (SSSR count). The first-order valence-electron chi connectivity index (χ1n) is 5.70. The van der Waals surface area contributed by atoms with Crippen LogP contribution >= 0.6 is 0 Å². The van der Waals surface area contributed by atoms with Gasteiger partial charge in [-0.15, -0.1) is 0 Å². The summed E-state index contributed by atoms with van der Waals surface area (Å²) in [5.41, 5.74) is 3.35.